The molecule has 0 aliphatic carbocycles. The Bertz CT molecular complexity index is 522. The molecule has 0 spiro atoms. The van der Waals surface area contributed by atoms with Crippen LogP contribution in [0.5, 0.6) is 0 Å². The topological polar surface area (TPSA) is 52.6 Å². The van der Waals surface area contributed by atoms with Crippen LogP contribution in [0.25, 0.3) is 0 Å². The first-order valence-corrected chi connectivity index (χ1v) is 6.23. The van der Waals surface area contributed by atoms with Gasteiger partial charge < -0.3 is 9.47 Å². The van der Waals surface area contributed by atoms with Crippen LogP contribution in [0.4, 0.5) is 4.39 Å². The molecular formula is C14H14ClFO4. The van der Waals surface area contributed by atoms with E-state index < -0.39 is 23.9 Å². The first-order valence-electron chi connectivity index (χ1n) is 5.85. The minimum absolute atomic E-state index is 0.0294. The van der Waals surface area contributed by atoms with Gasteiger partial charge in [0.25, 0.3) is 0 Å². The van der Waals surface area contributed by atoms with E-state index in [0.29, 0.717) is 0 Å². The zero-order valence-electron chi connectivity index (χ0n) is 11.1. The SMILES string of the molecule is C=C(C(=O)OCC)C(OC(C)=O)c1c(F)cccc1Cl. The Hall–Kier alpha value is -1.88. The second kappa shape index (κ2) is 7.05. The molecule has 0 fully saturated rings. The molecule has 0 amide bonds. The summed E-state index contributed by atoms with van der Waals surface area (Å²) < 4.78 is 23.6. The molecule has 20 heavy (non-hydrogen) atoms. The maximum atomic E-state index is 13.9. The summed E-state index contributed by atoms with van der Waals surface area (Å²) in [5.41, 5.74) is -0.323. The van der Waals surface area contributed by atoms with Gasteiger partial charge in [0.2, 0.25) is 0 Å². The van der Waals surface area contributed by atoms with Crippen LogP contribution in [0.1, 0.15) is 25.5 Å². The maximum Gasteiger partial charge on any atom is 0.337 e. The number of hydrogen-bond acceptors (Lipinski definition) is 4. The van der Waals surface area contributed by atoms with Crippen LogP contribution >= 0.6 is 11.6 Å². The minimum Gasteiger partial charge on any atom is -0.463 e. The van der Waals surface area contributed by atoms with Crippen molar-refractivity contribution in [2.24, 2.45) is 0 Å². The Labute approximate surface area is 121 Å². The number of benzene rings is 1. The highest BCUT2D eigenvalue weighted by atomic mass is 35.5. The molecule has 1 aromatic rings. The van der Waals surface area contributed by atoms with Crippen LogP contribution in [-0.2, 0) is 19.1 Å². The molecule has 0 radical (unpaired) electrons. The van der Waals surface area contributed by atoms with Crippen molar-refractivity contribution in [1.82, 2.24) is 0 Å². The van der Waals surface area contributed by atoms with Gasteiger partial charge >= 0.3 is 11.9 Å². The Morgan fingerprint density at radius 2 is 2.10 bits per heavy atom. The van der Waals surface area contributed by atoms with Crippen LogP contribution in [0.15, 0.2) is 30.4 Å². The van der Waals surface area contributed by atoms with Crippen LogP contribution in [0, 0.1) is 5.82 Å². The maximum absolute atomic E-state index is 13.9. The summed E-state index contributed by atoms with van der Waals surface area (Å²) in [5, 5.41) is 0.0294. The van der Waals surface area contributed by atoms with E-state index in [1.54, 1.807) is 6.92 Å². The van der Waals surface area contributed by atoms with Gasteiger partial charge in [0.1, 0.15) is 5.82 Å². The molecule has 4 nitrogen and oxygen atoms in total. The number of rotatable bonds is 5. The van der Waals surface area contributed by atoms with Crippen LogP contribution < -0.4 is 0 Å². The van der Waals surface area contributed by atoms with Gasteiger partial charge in [0.05, 0.1) is 22.8 Å². The van der Waals surface area contributed by atoms with E-state index in [1.807, 2.05) is 0 Å². The second-order valence-electron chi connectivity index (χ2n) is 3.87. The highest BCUT2D eigenvalue weighted by molar-refractivity contribution is 6.31. The lowest BCUT2D eigenvalue weighted by atomic mass is 10.0. The van der Waals surface area contributed by atoms with E-state index in [2.05, 4.69) is 6.58 Å². The molecule has 0 saturated carbocycles. The standard InChI is InChI=1S/C14H14ClFO4/c1-4-19-14(18)8(2)13(20-9(3)17)12-10(15)6-5-7-11(12)16/h5-7,13H,2,4H2,1,3H3. The number of ether oxygens (including phenoxy) is 2. The Kier molecular flexibility index (Phi) is 5.70. The lowest BCUT2D eigenvalue weighted by Crippen LogP contribution is -2.19. The Morgan fingerprint density at radius 3 is 2.60 bits per heavy atom. The van der Waals surface area contributed by atoms with Gasteiger partial charge in [-0.3, -0.25) is 4.79 Å². The molecule has 6 heteroatoms. The lowest BCUT2D eigenvalue weighted by Gasteiger charge is -2.20. The van der Waals surface area contributed by atoms with Gasteiger partial charge in [-0.05, 0) is 19.1 Å². The van der Waals surface area contributed by atoms with Crippen molar-refractivity contribution in [1.29, 1.82) is 0 Å². The van der Waals surface area contributed by atoms with Gasteiger partial charge in [-0.2, -0.15) is 0 Å². The summed E-state index contributed by atoms with van der Waals surface area (Å²) in [5.74, 6) is -2.17. The average molecular weight is 301 g/mol. The van der Waals surface area contributed by atoms with Crippen LogP contribution in [0.2, 0.25) is 5.02 Å². The number of hydrogen-bond donors (Lipinski definition) is 0. The second-order valence-corrected chi connectivity index (χ2v) is 4.28. The van der Waals surface area contributed by atoms with E-state index in [4.69, 9.17) is 21.1 Å². The quantitative estimate of drug-likeness (QED) is 0.619. The molecule has 0 N–H and O–H groups in total. The van der Waals surface area contributed by atoms with E-state index in [9.17, 15) is 14.0 Å². The monoisotopic (exact) mass is 300 g/mol. The lowest BCUT2D eigenvalue weighted by molar-refractivity contribution is -0.148. The molecule has 0 aromatic heterocycles. The summed E-state index contributed by atoms with van der Waals surface area (Å²) in [6.07, 6.45) is -1.32. The molecule has 0 saturated heterocycles. The molecular weight excluding hydrogens is 287 g/mol. The highest BCUT2D eigenvalue weighted by Gasteiger charge is 2.29. The normalized spacial score (nSPS) is 11.6. The van der Waals surface area contributed by atoms with Crippen LogP contribution in [0.3, 0.4) is 0 Å². The number of esters is 2. The summed E-state index contributed by atoms with van der Waals surface area (Å²) in [4.78, 5) is 22.8. The van der Waals surface area contributed by atoms with Crippen molar-refractivity contribution in [2.75, 3.05) is 6.61 Å². The molecule has 1 atom stereocenters. The number of halogens is 2. The van der Waals surface area contributed by atoms with Gasteiger partial charge in [-0.15, -0.1) is 0 Å². The predicted octanol–water partition coefficient (Wildman–Crippen LogP) is 3.20. The van der Waals surface area contributed by atoms with E-state index in [1.165, 1.54) is 12.1 Å². The van der Waals surface area contributed by atoms with Gasteiger partial charge in [0, 0.05) is 6.92 Å². The van der Waals surface area contributed by atoms with E-state index in [-0.39, 0.29) is 22.8 Å². The van der Waals surface area contributed by atoms with Gasteiger partial charge in [-0.1, -0.05) is 24.2 Å². The van der Waals surface area contributed by atoms with Gasteiger partial charge in [-0.25, -0.2) is 9.18 Å². The molecule has 0 aliphatic heterocycles. The minimum atomic E-state index is -1.32. The van der Waals surface area contributed by atoms with Crippen molar-refractivity contribution in [3.8, 4) is 0 Å². The molecule has 108 valence electrons. The van der Waals surface area contributed by atoms with Crippen LogP contribution in [-0.4, -0.2) is 18.5 Å². The predicted molar refractivity (Wildman–Crippen MR) is 71.7 cm³/mol. The third-order valence-corrected chi connectivity index (χ3v) is 2.73. The molecule has 1 aromatic carbocycles. The van der Waals surface area contributed by atoms with Crippen molar-refractivity contribution in [3.63, 3.8) is 0 Å². The first kappa shape index (κ1) is 16.2. The zero-order chi connectivity index (χ0) is 15.3. The molecule has 0 aliphatic rings. The summed E-state index contributed by atoms with van der Waals surface area (Å²) >= 11 is 5.91. The largest absolute Gasteiger partial charge is 0.463 e. The van der Waals surface area contributed by atoms with Crippen molar-refractivity contribution < 1.29 is 23.5 Å². The first-order chi connectivity index (χ1) is 9.38. The van der Waals surface area contributed by atoms with Crippen molar-refractivity contribution >= 4 is 23.5 Å². The smallest absolute Gasteiger partial charge is 0.337 e. The summed E-state index contributed by atoms with van der Waals surface area (Å²) in [7, 11) is 0. The summed E-state index contributed by atoms with van der Waals surface area (Å²) in [6.45, 7) is 6.38. The Morgan fingerprint density at radius 1 is 1.45 bits per heavy atom. The molecule has 0 bridgehead atoms. The van der Waals surface area contributed by atoms with Gasteiger partial charge in [0.15, 0.2) is 6.10 Å². The van der Waals surface area contributed by atoms with E-state index in [0.717, 1.165) is 13.0 Å². The number of carbonyl (C=O) groups excluding carboxylic acids is 2. The average Bonchev–Trinajstić information content (AvgIpc) is 2.36. The Balaban J connectivity index is 3.22. The number of carbonyl (C=O) groups is 2. The third kappa shape index (κ3) is 3.81. The fourth-order valence-corrected chi connectivity index (χ4v) is 1.82. The fraction of sp³-hybridized carbons (Fsp3) is 0.286. The highest BCUT2D eigenvalue weighted by Crippen LogP contribution is 2.33. The van der Waals surface area contributed by atoms with E-state index >= 15 is 0 Å². The summed E-state index contributed by atoms with van der Waals surface area (Å²) in [6, 6.07) is 3.98. The fourth-order valence-electron chi connectivity index (χ4n) is 1.56. The molecule has 0 heterocycles. The van der Waals surface area contributed by atoms with Crippen molar-refractivity contribution in [2.45, 2.75) is 20.0 Å². The third-order valence-electron chi connectivity index (χ3n) is 2.40. The van der Waals surface area contributed by atoms with Crippen molar-refractivity contribution in [3.05, 3.63) is 46.8 Å². The molecule has 1 unspecified atom stereocenters. The molecule has 1 rings (SSSR count). The zero-order valence-corrected chi connectivity index (χ0v) is 11.9.